The van der Waals surface area contributed by atoms with Crippen LogP contribution in [0, 0.1) is 5.92 Å². The molecule has 0 aromatic carbocycles. The lowest BCUT2D eigenvalue weighted by atomic mass is 10.0. The normalized spacial score (nSPS) is 19.4. The molecule has 3 N–H and O–H groups in total. The van der Waals surface area contributed by atoms with Crippen LogP contribution < -0.4 is 10.6 Å². The Morgan fingerprint density at radius 3 is 2.85 bits per heavy atom. The van der Waals surface area contributed by atoms with Crippen molar-refractivity contribution in [3.05, 3.63) is 24.0 Å². The van der Waals surface area contributed by atoms with Gasteiger partial charge < -0.3 is 20.5 Å². The molecule has 2 amide bonds. The number of carboxylic acid groups (broad SMARTS) is 1. The number of rotatable bonds is 4. The van der Waals surface area contributed by atoms with Crippen LogP contribution >= 0.6 is 0 Å². The van der Waals surface area contributed by atoms with Gasteiger partial charge in [-0.15, -0.1) is 0 Å². The molecule has 2 unspecified atom stereocenters. The molecule has 2 rings (SSSR count). The molecular formula is C13H17N3O4. The molecule has 2 heterocycles. The van der Waals surface area contributed by atoms with E-state index in [4.69, 9.17) is 9.84 Å². The molecule has 1 aromatic rings. The summed E-state index contributed by atoms with van der Waals surface area (Å²) >= 11 is 0. The number of aromatic nitrogens is 1. The lowest BCUT2D eigenvalue weighted by Crippen LogP contribution is -2.40. The van der Waals surface area contributed by atoms with Crippen molar-refractivity contribution in [1.82, 2.24) is 10.3 Å². The smallest absolute Gasteiger partial charge is 0.354 e. The molecule has 0 radical (unpaired) electrons. The fourth-order valence-corrected chi connectivity index (χ4v) is 2.03. The first-order valence-electron chi connectivity index (χ1n) is 6.41. The van der Waals surface area contributed by atoms with Crippen molar-refractivity contribution in [2.45, 2.75) is 19.4 Å². The highest BCUT2D eigenvalue weighted by molar-refractivity contribution is 5.90. The van der Waals surface area contributed by atoms with Crippen molar-refractivity contribution in [2.75, 3.05) is 18.5 Å². The van der Waals surface area contributed by atoms with Crippen LogP contribution in [0.3, 0.4) is 0 Å². The second-order valence-corrected chi connectivity index (χ2v) is 4.75. The Labute approximate surface area is 116 Å². The first kappa shape index (κ1) is 14.3. The van der Waals surface area contributed by atoms with E-state index < -0.39 is 5.97 Å². The van der Waals surface area contributed by atoms with Gasteiger partial charge in [-0.05, 0) is 25.5 Å². The highest BCUT2D eigenvalue weighted by atomic mass is 16.5. The van der Waals surface area contributed by atoms with Crippen molar-refractivity contribution in [3.8, 4) is 0 Å². The third-order valence-corrected chi connectivity index (χ3v) is 3.27. The number of amides is 2. The Bertz CT molecular complexity index is 483. The molecule has 0 aliphatic carbocycles. The SMILES string of the molecule is CC(NC(=O)Nc1ccc(C(=O)O)nc1)C1CCOC1. The maximum absolute atomic E-state index is 11.8. The van der Waals surface area contributed by atoms with Crippen LogP contribution in [0.2, 0.25) is 0 Å². The summed E-state index contributed by atoms with van der Waals surface area (Å²) < 4.78 is 5.28. The predicted octanol–water partition coefficient (Wildman–Crippen LogP) is 1.33. The molecule has 1 fully saturated rings. The second kappa shape index (κ2) is 6.33. The summed E-state index contributed by atoms with van der Waals surface area (Å²) in [5.74, 6) is -0.774. The minimum absolute atomic E-state index is 0.0174. The zero-order chi connectivity index (χ0) is 14.5. The molecule has 7 nitrogen and oxygen atoms in total. The molecule has 2 atom stereocenters. The summed E-state index contributed by atoms with van der Waals surface area (Å²) in [6.07, 6.45) is 2.25. The fraction of sp³-hybridized carbons (Fsp3) is 0.462. The molecule has 108 valence electrons. The number of anilines is 1. The number of carbonyl (C=O) groups excluding carboxylic acids is 1. The quantitative estimate of drug-likeness (QED) is 0.772. The zero-order valence-electron chi connectivity index (χ0n) is 11.1. The largest absolute Gasteiger partial charge is 0.477 e. The van der Waals surface area contributed by atoms with Crippen molar-refractivity contribution in [1.29, 1.82) is 0 Å². The number of carboxylic acids is 1. The van der Waals surface area contributed by atoms with E-state index in [1.807, 2.05) is 6.92 Å². The van der Waals surface area contributed by atoms with E-state index in [0.29, 0.717) is 18.2 Å². The molecule has 1 saturated heterocycles. The molecular weight excluding hydrogens is 262 g/mol. The number of hydrogen-bond acceptors (Lipinski definition) is 4. The Hall–Kier alpha value is -2.15. The van der Waals surface area contributed by atoms with Crippen LogP contribution in [0.15, 0.2) is 18.3 Å². The Balaban J connectivity index is 1.85. The maximum atomic E-state index is 11.8. The predicted molar refractivity (Wildman–Crippen MR) is 71.7 cm³/mol. The summed E-state index contributed by atoms with van der Waals surface area (Å²) in [6.45, 7) is 3.33. The number of urea groups is 1. The highest BCUT2D eigenvalue weighted by Crippen LogP contribution is 2.16. The fourth-order valence-electron chi connectivity index (χ4n) is 2.03. The van der Waals surface area contributed by atoms with E-state index in [1.165, 1.54) is 18.3 Å². The van der Waals surface area contributed by atoms with E-state index in [-0.39, 0.29) is 17.8 Å². The van der Waals surface area contributed by atoms with Crippen molar-refractivity contribution < 1.29 is 19.4 Å². The minimum atomic E-state index is -1.10. The van der Waals surface area contributed by atoms with Gasteiger partial charge in [-0.2, -0.15) is 0 Å². The van der Waals surface area contributed by atoms with Gasteiger partial charge in [0.15, 0.2) is 0 Å². The first-order valence-corrected chi connectivity index (χ1v) is 6.41. The molecule has 1 aliphatic heterocycles. The second-order valence-electron chi connectivity index (χ2n) is 4.75. The third kappa shape index (κ3) is 3.67. The summed E-state index contributed by atoms with van der Waals surface area (Å²) in [4.78, 5) is 26.2. The van der Waals surface area contributed by atoms with Gasteiger partial charge in [0.25, 0.3) is 0 Å². The number of ether oxygens (including phenoxy) is 1. The average Bonchev–Trinajstić information content (AvgIpc) is 2.93. The zero-order valence-corrected chi connectivity index (χ0v) is 11.1. The van der Waals surface area contributed by atoms with E-state index in [0.717, 1.165) is 13.0 Å². The van der Waals surface area contributed by atoms with Crippen LogP contribution in [0.1, 0.15) is 23.8 Å². The van der Waals surface area contributed by atoms with E-state index in [2.05, 4.69) is 15.6 Å². The number of nitrogens with zero attached hydrogens (tertiary/aromatic N) is 1. The van der Waals surface area contributed by atoms with Gasteiger partial charge in [0.05, 0.1) is 18.5 Å². The summed E-state index contributed by atoms with van der Waals surface area (Å²) in [5, 5.41) is 14.2. The van der Waals surface area contributed by atoms with E-state index in [1.54, 1.807) is 0 Å². The first-order chi connectivity index (χ1) is 9.56. The van der Waals surface area contributed by atoms with Gasteiger partial charge in [0, 0.05) is 18.6 Å². The average molecular weight is 279 g/mol. The van der Waals surface area contributed by atoms with E-state index in [9.17, 15) is 9.59 Å². The maximum Gasteiger partial charge on any atom is 0.354 e. The van der Waals surface area contributed by atoms with Gasteiger partial charge in [0.1, 0.15) is 5.69 Å². The third-order valence-electron chi connectivity index (χ3n) is 3.27. The Kier molecular flexibility index (Phi) is 4.52. The molecule has 1 aromatic heterocycles. The monoisotopic (exact) mass is 279 g/mol. The lowest BCUT2D eigenvalue weighted by molar-refractivity contribution is 0.0690. The van der Waals surface area contributed by atoms with E-state index >= 15 is 0 Å². The molecule has 7 heteroatoms. The van der Waals surface area contributed by atoms with Crippen LogP contribution in [-0.2, 0) is 4.74 Å². The van der Waals surface area contributed by atoms with Crippen molar-refractivity contribution in [3.63, 3.8) is 0 Å². The summed E-state index contributed by atoms with van der Waals surface area (Å²) in [5.41, 5.74) is 0.384. The Morgan fingerprint density at radius 1 is 1.50 bits per heavy atom. The van der Waals surface area contributed by atoms with Crippen LogP contribution in [0.5, 0.6) is 0 Å². The highest BCUT2D eigenvalue weighted by Gasteiger charge is 2.23. The van der Waals surface area contributed by atoms with Crippen LogP contribution in [0.4, 0.5) is 10.5 Å². The van der Waals surface area contributed by atoms with Crippen LogP contribution in [0.25, 0.3) is 0 Å². The molecule has 0 saturated carbocycles. The summed E-state index contributed by atoms with van der Waals surface area (Å²) in [7, 11) is 0. The standard InChI is InChI=1S/C13H17N3O4/c1-8(9-4-5-20-7-9)15-13(19)16-10-2-3-11(12(17)18)14-6-10/h2-3,6,8-9H,4-5,7H2,1H3,(H,17,18)(H2,15,16,19). The number of carbonyl (C=O) groups is 2. The van der Waals surface area contributed by atoms with Gasteiger partial charge in [-0.3, -0.25) is 0 Å². The molecule has 1 aliphatic rings. The molecule has 20 heavy (non-hydrogen) atoms. The minimum Gasteiger partial charge on any atom is -0.477 e. The van der Waals surface area contributed by atoms with Crippen molar-refractivity contribution >= 4 is 17.7 Å². The number of hydrogen-bond donors (Lipinski definition) is 3. The lowest BCUT2D eigenvalue weighted by Gasteiger charge is -2.19. The number of pyridine rings is 1. The van der Waals surface area contributed by atoms with Crippen LogP contribution in [-0.4, -0.2) is 41.3 Å². The van der Waals surface area contributed by atoms with Crippen molar-refractivity contribution in [2.24, 2.45) is 5.92 Å². The number of nitrogens with one attached hydrogen (secondary N) is 2. The number of aromatic carboxylic acids is 1. The van der Waals surface area contributed by atoms with Gasteiger partial charge in [-0.1, -0.05) is 0 Å². The molecule has 0 bridgehead atoms. The molecule has 0 spiro atoms. The van der Waals surface area contributed by atoms with Gasteiger partial charge >= 0.3 is 12.0 Å². The summed E-state index contributed by atoms with van der Waals surface area (Å²) in [6, 6.07) is 2.52. The Morgan fingerprint density at radius 2 is 2.30 bits per heavy atom. The van der Waals surface area contributed by atoms with Gasteiger partial charge in [-0.25, -0.2) is 14.6 Å². The topological polar surface area (TPSA) is 101 Å². The van der Waals surface area contributed by atoms with Gasteiger partial charge in [0.2, 0.25) is 0 Å².